The van der Waals surface area contributed by atoms with Crippen molar-refractivity contribution in [2.24, 2.45) is 5.92 Å². The first-order valence-electron chi connectivity index (χ1n) is 9.23. The van der Waals surface area contributed by atoms with E-state index in [9.17, 15) is 4.79 Å². The van der Waals surface area contributed by atoms with Gasteiger partial charge in [0.05, 0.1) is 0 Å². The fraction of sp³-hybridized carbons (Fsp3) is 0.333. The number of benzene rings is 2. The van der Waals surface area contributed by atoms with E-state index in [1.54, 1.807) is 0 Å². The molecule has 1 N–H and O–H groups in total. The highest BCUT2D eigenvalue weighted by Gasteiger charge is 2.27. The first kappa shape index (κ1) is 16.6. The monoisotopic (exact) mass is 349 g/mol. The van der Waals surface area contributed by atoms with Crippen LogP contribution in [0.2, 0.25) is 0 Å². The summed E-state index contributed by atoms with van der Waals surface area (Å²) >= 11 is 0. The molecule has 5 nitrogen and oxygen atoms in total. The van der Waals surface area contributed by atoms with Gasteiger partial charge >= 0.3 is 0 Å². The molecule has 2 aromatic carbocycles. The van der Waals surface area contributed by atoms with Gasteiger partial charge in [0.1, 0.15) is 5.52 Å². The Morgan fingerprint density at radius 2 is 2.00 bits per heavy atom. The molecule has 5 heteroatoms. The van der Waals surface area contributed by atoms with Crippen molar-refractivity contribution in [3.63, 3.8) is 0 Å². The number of hydrogen-bond acceptors (Lipinski definition) is 4. The SMILES string of the molecule is CCc1cccc(NC(=O)C2CCN(c3nc4ccccc4o3)CC2)c1. The summed E-state index contributed by atoms with van der Waals surface area (Å²) in [4.78, 5) is 19.3. The lowest BCUT2D eigenvalue weighted by molar-refractivity contribution is -0.120. The number of carbonyl (C=O) groups is 1. The minimum atomic E-state index is 0.0286. The zero-order chi connectivity index (χ0) is 17.9. The van der Waals surface area contributed by atoms with Crippen LogP contribution in [-0.4, -0.2) is 24.0 Å². The Morgan fingerprint density at radius 3 is 2.77 bits per heavy atom. The van der Waals surface area contributed by atoms with Crippen molar-refractivity contribution >= 4 is 28.7 Å². The maximum atomic E-state index is 12.6. The van der Waals surface area contributed by atoms with E-state index in [2.05, 4.69) is 28.2 Å². The Balaban J connectivity index is 1.37. The molecular weight excluding hydrogens is 326 g/mol. The second-order valence-corrected chi connectivity index (χ2v) is 6.77. The quantitative estimate of drug-likeness (QED) is 0.765. The molecule has 0 aliphatic carbocycles. The van der Waals surface area contributed by atoms with Crippen molar-refractivity contribution in [2.75, 3.05) is 23.3 Å². The molecule has 1 fully saturated rings. The van der Waals surface area contributed by atoms with E-state index in [4.69, 9.17) is 4.42 Å². The molecular formula is C21H23N3O2. The van der Waals surface area contributed by atoms with E-state index < -0.39 is 0 Å². The van der Waals surface area contributed by atoms with E-state index in [1.165, 1.54) is 5.56 Å². The molecule has 1 amide bonds. The lowest BCUT2D eigenvalue weighted by atomic mass is 9.96. The molecule has 0 spiro atoms. The van der Waals surface area contributed by atoms with E-state index in [0.29, 0.717) is 6.01 Å². The van der Waals surface area contributed by atoms with Gasteiger partial charge < -0.3 is 14.6 Å². The summed E-state index contributed by atoms with van der Waals surface area (Å²) in [7, 11) is 0. The number of nitrogens with zero attached hydrogens (tertiary/aromatic N) is 2. The van der Waals surface area contributed by atoms with Gasteiger partial charge in [-0.1, -0.05) is 31.2 Å². The Morgan fingerprint density at radius 1 is 1.19 bits per heavy atom. The van der Waals surface area contributed by atoms with Gasteiger partial charge in [-0.05, 0) is 49.1 Å². The van der Waals surface area contributed by atoms with Gasteiger partial charge in [0, 0.05) is 24.7 Å². The van der Waals surface area contributed by atoms with E-state index in [0.717, 1.165) is 49.1 Å². The van der Waals surface area contributed by atoms with Crippen molar-refractivity contribution in [1.82, 2.24) is 4.98 Å². The molecule has 0 radical (unpaired) electrons. The number of oxazole rings is 1. The smallest absolute Gasteiger partial charge is 0.298 e. The summed E-state index contributed by atoms with van der Waals surface area (Å²) in [5.41, 5.74) is 3.79. The highest BCUT2D eigenvalue weighted by molar-refractivity contribution is 5.92. The van der Waals surface area contributed by atoms with Gasteiger partial charge in [0.25, 0.3) is 6.01 Å². The van der Waals surface area contributed by atoms with Crippen molar-refractivity contribution in [2.45, 2.75) is 26.2 Å². The van der Waals surface area contributed by atoms with Gasteiger partial charge in [-0.3, -0.25) is 4.79 Å². The van der Waals surface area contributed by atoms with Crippen molar-refractivity contribution < 1.29 is 9.21 Å². The third-order valence-electron chi connectivity index (χ3n) is 5.02. The number of para-hydroxylation sites is 2. The van der Waals surface area contributed by atoms with Crippen LogP contribution in [0.15, 0.2) is 52.9 Å². The minimum Gasteiger partial charge on any atom is -0.423 e. The summed E-state index contributed by atoms with van der Waals surface area (Å²) in [6.07, 6.45) is 2.57. The summed E-state index contributed by atoms with van der Waals surface area (Å²) in [6.45, 7) is 3.67. The zero-order valence-electron chi connectivity index (χ0n) is 14.9. The van der Waals surface area contributed by atoms with Gasteiger partial charge in [-0.25, -0.2) is 0 Å². The highest BCUT2D eigenvalue weighted by Crippen LogP contribution is 2.27. The summed E-state index contributed by atoms with van der Waals surface area (Å²) in [5, 5.41) is 3.07. The molecule has 134 valence electrons. The lowest BCUT2D eigenvalue weighted by Gasteiger charge is -2.30. The largest absolute Gasteiger partial charge is 0.423 e. The third-order valence-corrected chi connectivity index (χ3v) is 5.02. The van der Waals surface area contributed by atoms with Crippen LogP contribution in [0.4, 0.5) is 11.7 Å². The summed E-state index contributed by atoms with van der Waals surface area (Å²) in [5.74, 6) is 0.136. The molecule has 1 aliphatic rings. The van der Waals surface area contributed by atoms with E-state index >= 15 is 0 Å². The molecule has 1 aromatic heterocycles. The van der Waals surface area contributed by atoms with Gasteiger partial charge in [0.2, 0.25) is 5.91 Å². The zero-order valence-corrected chi connectivity index (χ0v) is 14.9. The number of amides is 1. The second kappa shape index (κ2) is 7.20. The first-order chi connectivity index (χ1) is 12.7. The Bertz CT molecular complexity index is 877. The Kier molecular flexibility index (Phi) is 4.61. The van der Waals surface area contributed by atoms with Crippen LogP contribution in [0.25, 0.3) is 11.1 Å². The molecule has 4 rings (SSSR count). The molecule has 0 bridgehead atoms. The summed E-state index contributed by atoms with van der Waals surface area (Å²) in [6, 6.07) is 16.5. The molecule has 0 atom stereocenters. The predicted octanol–water partition coefficient (Wildman–Crippen LogP) is 4.25. The number of carbonyl (C=O) groups excluding carboxylic acids is 1. The molecule has 3 aromatic rings. The van der Waals surface area contributed by atoms with Crippen LogP contribution in [0.1, 0.15) is 25.3 Å². The van der Waals surface area contributed by atoms with Crippen LogP contribution >= 0.6 is 0 Å². The van der Waals surface area contributed by atoms with Crippen molar-refractivity contribution in [3.8, 4) is 0 Å². The average molecular weight is 349 g/mol. The summed E-state index contributed by atoms with van der Waals surface area (Å²) < 4.78 is 5.84. The number of aromatic nitrogens is 1. The molecule has 0 saturated carbocycles. The molecule has 26 heavy (non-hydrogen) atoms. The van der Waals surface area contributed by atoms with Gasteiger partial charge in [-0.2, -0.15) is 4.98 Å². The predicted molar refractivity (Wildman–Crippen MR) is 103 cm³/mol. The topological polar surface area (TPSA) is 58.4 Å². The number of anilines is 2. The van der Waals surface area contributed by atoms with Crippen LogP contribution < -0.4 is 10.2 Å². The maximum Gasteiger partial charge on any atom is 0.298 e. The number of fused-ring (bicyclic) bond motifs is 1. The number of aryl methyl sites for hydroxylation is 1. The fourth-order valence-electron chi connectivity index (χ4n) is 3.44. The number of piperidine rings is 1. The second-order valence-electron chi connectivity index (χ2n) is 6.77. The molecule has 1 aliphatic heterocycles. The highest BCUT2D eigenvalue weighted by atomic mass is 16.4. The first-order valence-corrected chi connectivity index (χ1v) is 9.23. The average Bonchev–Trinajstić information content (AvgIpc) is 3.12. The Hall–Kier alpha value is -2.82. The van der Waals surface area contributed by atoms with Crippen molar-refractivity contribution in [1.29, 1.82) is 0 Å². The lowest BCUT2D eigenvalue weighted by Crippen LogP contribution is -2.38. The van der Waals surface area contributed by atoms with Crippen LogP contribution in [0.5, 0.6) is 0 Å². The van der Waals surface area contributed by atoms with E-state index in [-0.39, 0.29) is 11.8 Å². The fourth-order valence-corrected chi connectivity index (χ4v) is 3.44. The molecule has 1 saturated heterocycles. The van der Waals surface area contributed by atoms with Gasteiger partial charge in [0.15, 0.2) is 5.58 Å². The normalized spacial score (nSPS) is 15.3. The standard InChI is InChI=1S/C21H23N3O2/c1-2-15-6-5-7-17(14-15)22-20(25)16-10-12-24(13-11-16)21-23-18-8-3-4-9-19(18)26-21/h3-9,14,16H,2,10-13H2,1H3,(H,22,25). The molecule has 0 unspecified atom stereocenters. The van der Waals surface area contributed by atoms with Crippen LogP contribution in [0, 0.1) is 5.92 Å². The molecule has 2 heterocycles. The van der Waals surface area contributed by atoms with Crippen LogP contribution in [0.3, 0.4) is 0 Å². The number of rotatable bonds is 4. The number of nitrogens with one attached hydrogen (secondary N) is 1. The van der Waals surface area contributed by atoms with Crippen LogP contribution in [-0.2, 0) is 11.2 Å². The van der Waals surface area contributed by atoms with Crippen molar-refractivity contribution in [3.05, 3.63) is 54.1 Å². The minimum absolute atomic E-state index is 0.0286. The number of hydrogen-bond donors (Lipinski definition) is 1. The van der Waals surface area contributed by atoms with E-state index in [1.807, 2.05) is 42.5 Å². The Labute approximate surface area is 153 Å². The maximum absolute atomic E-state index is 12.6. The third kappa shape index (κ3) is 3.43. The van der Waals surface area contributed by atoms with Gasteiger partial charge in [-0.15, -0.1) is 0 Å².